The molecule has 0 saturated carbocycles. The van der Waals surface area contributed by atoms with E-state index in [-0.39, 0.29) is 12.5 Å². The molecule has 4 rings (SSSR count). The van der Waals surface area contributed by atoms with Gasteiger partial charge in [-0.2, -0.15) is 0 Å². The maximum absolute atomic E-state index is 12.4. The van der Waals surface area contributed by atoms with Gasteiger partial charge in [-0.3, -0.25) is 15.0 Å². The molecule has 0 spiro atoms. The lowest BCUT2D eigenvalue weighted by molar-refractivity contribution is -0.117. The maximum atomic E-state index is 12.4. The monoisotopic (exact) mass is 350 g/mol. The van der Waals surface area contributed by atoms with Gasteiger partial charge >= 0.3 is 0 Å². The third-order valence-corrected chi connectivity index (χ3v) is 4.99. The van der Waals surface area contributed by atoms with Crippen molar-refractivity contribution in [1.29, 1.82) is 0 Å². The van der Waals surface area contributed by atoms with Gasteiger partial charge in [0.05, 0.1) is 17.6 Å². The molecule has 3 aromatic rings. The van der Waals surface area contributed by atoms with Gasteiger partial charge in [0.25, 0.3) is 0 Å². The predicted molar refractivity (Wildman–Crippen MR) is 101 cm³/mol. The molecular formula is C20H22N4O2. The van der Waals surface area contributed by atoms with Gasteiger partial charge in [-0.05, 0) is 36.6 Å². The normalized spacial score (nSPS) is 20.5. The van der Waals surface area contributed by atoms with Crippen LogP contribution in [0.2, 0.25) is 0 Å². The zero-order valence-electron chi connectivity index (χ0n) is 14.7. The van der Waals surface area contributed by atoms with E-state index in [4.69, 9.17) is 0 Å². The molecule has 26 heavy (non-hydrogen) atoms. The number of benzene rings is 2. The molecule has 134 valence electrons. The first-order valence-corrected chi connectivity index (χ1v) is 8.79. The Hall–Kier alpha value is -2.70. The summed E-state index contributed by atoms with van der Waals surface area (Å²) in [5.74, 6) is 0.308. The number of nitrogens with one attached hydrogen (secondary N) is 2. The number of aryl methyl sites for hydroxylation is 1. The van der Waals surface area contributed by atoms with Crippen LogP contribution in [0.25, 0.3) is 11.0 Å². The number of hydrogen-bond donors (Lipinski definition) is 3. The van der Waals surface area contributed by atoms with E-state index in [9.17, 15) is 9.90 Å². The van der Waals surface area contributed by atoms with Gasteiger partial charge in [-0.25, -0.2) is 4.98 Å². The van der Waals surface area contributed by atoms with Crippen LogP contribution in [-0.2, 0) is 10.4 Å². The fourth-order valence-electron chi connectivity index (χ4n) is 3.71. The number of H-pyrrole nitrogens is 1. The molecule has 1 aromatic heterocycles. The third kappa shape index (κ3) is 3.21. The number of aliphatic hydroxyl groups is 1. The summed E-state index contributed by atoms with van der Waals surface area (Å²) in [6, 6.07) is 15.5. The standard InChI is InChI=1S/C20H22N4O2/c1-14-6-2-3-7-15(14)20(26)10-11-24(13-20)12-18(25)23-19-21-16-8-4-5-9-17(16)22-19/h2-9,26H,10-13H2,1H3,(H2,21,22,23,25)/t20-/m1/s1. The first-order valence-electron chi connectivity index (χ1n) is 8.79. The number of nitrogens with zero attached hydrogens (tertiary/aromatic N) is 2. The lowest BCUT2D eigenvalue weighted by atomic mass is 9.89. The number of β-amino-alcohol motifs (C(OH)–C–C–N with tert-alkyl or cyclic N) is 1. The van der Waals surface area contributed by atoms with Crippen molar-refractivity contribution in [3.63, 3.8) is 0 Å². The molecule has 2 aromatic carbocycles. The minimum atomic E-state index is -0.898. The predicted octanol–water partition coefficient (Wildman–Crippen LogP) is 2.40. The van der Waals surface area contributed by atoms with E-state index in [2.05, 4.69) is 15.3 Å². The first-order chi connectivity index (χ1) is 12.5. The highest BCUT2D eigenvalue weighted by Gasteiger charge is 2.38. The Kier molecular flexibility index (Phi) is 4.22. The Morgan fingerprint density at radius 3 is 2.85 bits per heavy atom. The Balaban J connectivity index is 1.40. The molecule has 1 saturated heterocycles. The molecule has 1 amide bonds. The third-order valence-electron chi connectivity index (χ3n) is 4.99. The van der Waals surface area contributed by atoms with Crippen LogP contribution in [0.15, 0.2) is 48.5 Å². The van der Waals surface area contributed by atoms with Crippen molar-refractivity contribution < 1.29 is 9.90 Å². The number of amides is 1. The second-order valence-electron chi connectivity index (χ2n) is 6.96. The first kappa shape index (κ1) is 16.8. The molecule has 3 N–H and O–H groups in total. The summed E-state index contributed by atoms with van der Waals surface area (Å²) >= 11 is 0. The highest BCUT2D eigenvalue weighted by atomic mass is 16.3. The summed E-state index contributed by atoms with van der Waals surface area (Å²) in [6.45, 7) is 3.36. The minimum absolute atomic E-state index is 0.141. The van der Waals surface area contributed by atoms with Crippen molar-refractivity contribution in [2.24, 2.45) is 0 Å². The largest absolute Gasteiger partial charge is 0.384 e. The van der Waals surface area contributed by atoms with Crippen molar-refractivity contribution in [3.8, 4) is 0 Å². The second kappa shape index (κ2) is 6.55. The van der Waals surface area contributed by atoms with E-state index < -0.39 is 5.60 Å². The van der Waals surface area contributed by atoms with Gasteiger partial charge in [0.2, 0.25) is 11.9 Å². The molecule has 0 radical (unpaired) electrons. The maximum Gasteiger partial charge on any atom is 0.240 e. The van der Waals surface area contributed by atoms with E-state index >= 15 is 0 Å². The summed E-state index contributed by atoms with van der Waals surface area (Å²) in [6.07, 6.45) is 0.621. The van der Waals surface area contributed by atoms with Crippen molar-refractivity contribution >= 4 is 22.9 Å². The van der Waals surface area contributed by atoms with Crippen molar-refractivity contribution in [2.45, 2.75) is 18.9 Å². The number of para-hydroxylation sites is 2. The number of anilines is 1. The molecule has 0 bridgehead atoms. The van der Waals surface area contributed by atoms with E-state index in [0.29, 0.717) is 25.5 Å². The Bertz CT molecular complexity index is 919. The zero-order chi connectivity index (χ0) is 18.1. The number of carbonyl (C=O) groups is 1. The number of rotatable bonds is 4. The molecule has 2 heterocycles. The van der Waals surface area contributed by atoms with Crippen LogP contribution in [-0.4, -0.2) is 45.5 Å². The molecule has 6 heteroatoms. The van der Waals surface area contributed by atoms with Gasteiger partial charge in [-0.1, -0.05) is 36.4 Å². The highest BCUT2D eigenvalue weighted by Crippen LogP contribution is 2.33. The lowest BCUT2D eigenvalue weighted by Crippen LogP contribution is -2.36. The number of fused-ring (bicyclic) bond motifs is 1. The van der Waals surface area contributed by atoms with Crippen LogP contribution in [0.1, 0.15) is 17.5 Å². The van der Waals surface area contributed by atoms with Crippen molar-refractivity contribution in [2.75, 3.05) is 25.0 Å². The number of carbonyl (C=O) groups excluding carboxylic acids is 1. The molecule has 1 fully saturated rings. The number of likely N-dealkylation sites (tertiary alicyclic amines) is 1. The van der Waals surface area contributed by atoms with Crippen LogP contribution in [0.4, 0.5) is 5.95 Å². The Morgan fingerprint density at radius 1 is 1.27 bits per heavy atom. The van der Waals surface area contributed by atoms with Crippen molar-refractivity contribution in [1.82, 2.24) is 14.9 Å². The van der Waals surface area contributed by atoms with Gasteiger partial charge in [0, 0.05) is 13.1 Å². The van der Waals surface area contributed by atoms with E-state index in [1.807, 2.05) is 60.4 Å². The SMILES string of the molecule is Cc1ccccc1[C@@]1(O)CCN(CC(=O)Nc2nc3ccccc3[nH]2)C1. The fraction of sp³-hybridized carbons (Fsp3) is 0.300. The van der Waals surface area contributed by atoms with Gasteiger partial charge in [0.1, 0.15) is 5.60 Å². The molecule has 0 aliphatic carbocycles. The quantitative estimate of drug-likeness (QED) is 0.675. The average Bonchev–Trinajstić information content (AvgIpc) is 3.18. The van der Waals surface area contributed by atoms with E-state index in [1.165, 1.54) is 0 Å². The number of aromatic nitrogens is 2. The summed E-state index contributed by atoms with van der Waals surface area (Å²) < 4.78 is 0. The average molecular weight is 350 g/mol. The van der Waals surface area contributed by atoms with Gasteiger partial charge < -0.3 is 10.1 Å². The fourth-order valence-corrected chi connectivity index (χ4v) is 3.71. The molecule has 6 nitrogen and oxygen atoms in total. The van der Waals surface area contributed by atoms with Crippen LogP contribution in [0.5, 0.6) is 0 Å². The van der Waals surface area contributed by atoms with Crippen LogP contribution in [0.3, 0.4) is 0 Å². The van der Waals surface area contributed by atoms with Crippen molar-refractivity contribution in [3.05, 3.63) is 59.7 Å². The van der Waals surface area contributed by atoms with E-state index in [0.717, 1.165) is 22.2 Å². The Labute approximate surface area is 151 Å². The molecule has 1 aliphatic heterocycles. The summed E-state index contributed by atoms with van der Waals surface area (Å²) in [7, 11) is 0. The zero-order valence-corrected chi connectivity index (χ0v) is 14.7. The topological polar surface area (TPSA) is 81.2 Å². The lowest BCUT2D eigenvalue weighted by Gasteiger charge is -2.25. The Morgan fingerprint density at radius 2 is 2.04 bits per heavy atom. The summed E-state index contributed by atoms with van der Waals surface area (Å²) in [5, 5.41) is 13.8. The molecule has 1 aliphatic rings. The van der Waals surface area contributed by atoms with Crippen LogP contribution >= 0.6 is 0 Å². The highest BCUT2D eigenvalue weighted by molar-refractivity contribution is 5.92. The summed E-state index contributed by atoms with van der Waals surface area (Å²) in [4.78, 5) is 21.8. The van der Waals surface area contributed by atoms with E-state index in [1.54, 1.807) is 0 Å². The number of hydrogen-bond acceptors (Lipinski definition) is 4. The second-order valence-corrected chi connectivity index (χ2v) is 6.96. The van der Waals surface area contributed by atoms with Gasteiger partial charge in [0.15, 0.2) is 0 Å². The molecule has 0 unspecified atom stereocenters. The smallest absolute Gasteiger partial charge is 0.240 e. The summed E-state index contributed by atoms with van der Waals surface area (Å²) in [5.41, 5.74) is 2.82. The molecular weight excluding hydrogens is 328 g/mol. The number of imidazole rings is 1. The van der Waals surface area contributed by atoms with Crippen LogP contribution in [0, 0.1) is 6.92 Å². The molecule has 1 atom stereocenters. The van der Waals surface area contributed by atoms with Crippen LogP contribution < -0.4 is 5.32 Å². The number of aromatic amines is 1. The minimum Gasteiger partial charge on any atom is -0.384 e. The van der Waals surface area contributed by atoms with Gasteiger partial charge in [-0.15, -0.1) is 0 Å².